The van der Waals surface area contributed by atoms with Gasteiger partial charge < -0.3 is 15.1 Å². The third-order valence-electron chi connectivity index (χ3n) is 4.99. The zero-order chi connectivity index (χ0) is 21.5. The maximum Gasteiger partial charge on any atom is 0.227 e. The fourth-order valence-electron chi connectivity index (χ4n) is 3.14. The summed E-state index contributed by atoms with van der Waals surface area (Å²) in [6.07, 6.45) is 3.54. The molecule has 0 bridgehead atoms. The molecule has 1 amide bonds. The lowest BCUT2D eigenvalue weighted by Crippen LogP contribution is -2.38. The Bertz CT molecular complexity index is 1010. The Kier molecular flexibility index (Phi) is 7.57. The second-order valence-electron chi connectivity index (χ2n) is 7.79. The van der Waals surface area contributed by atoms with Gasteiger partial charge >= 0.3 is 0 Å². The van der Waals surface area contributed by atoms with Crippen LogP contribution >= 0.6 is 12.2 Å². The third-order valence-corrected chi connectivity index (χ3v) is 5.24. The lowest BCUT2D eigenvalue weighted by molar-refractivity contribution is -0.119. The van der Waals surface area contributed by atoms with E-state index in [1.54, 1.807) is 0 Å². The molecule has 0 fully saturated rings. The minimum absolute atomic E-state index is 0.0344. The number of fused-ring (bicyclic) bond motifs is 1. The Morgan fingerprint density at radius 1 is 1.13 bits per heavy atom. The van der Waals surface area contributed by atoms with Crippen molar-refractivity contribution in [3.8, 4) is 11.5 Å². The number of oxazole rings is 1. The number of aromatic nitrogens is 1. The largest absolute Gasteiger partial charge is 0.436 e. The van der Waals surface area contributed by atoms with Crippen LogP contribution in [0, 0.1) is 0 Å². The van der Waals surface area contributed by atoms with Crippen LogP contribution in [0.1, 0.15) is 63.5 Å². The number of rotatable bonds is 8. The highest BCUT2D eigenvalue weighted by Gasteiger charge is 2.10. The van der Waals surface area contributed by atoms with Crippen molar-refractivity contribution >= 4 is 34.3 Å². The van der Waals surface area contributed by atoms with Crippen LogP contribution < -0.4 is 10.6 Å². The summed E-state index contributed by atoms with van der Waals surface area (Å²) in [5, 5.41) is 6.17. The molecular formula is C24H29N3O2S. The summed E-state index contributed by atoms with van der Waals surface area (Å²) in [6, 6.07) is 14.1. The first-order valence-corrected chi connectivity index (χ1v) is 10.9. The molecule has 1 aromatic heterocycles. The zero-order valence-corrected chi connectivity index (χ0v) is 18.6. The molecule has 158 valence electrons. The van der Waals surface area contributed by atoms with E-state index in [1.807, 2.05) is 30.3 Å². The average Bonchev–Trinajstić information content (AvgIpc) is 3.16. The molecule has 0 aliphatic heterocycles. The van der Waals surface area contributed by atoms with E-state index in [0.717, 1.165) is 41.5 Å². The number of carbonyl (C=O) groups is 1. The molecule has 2 aromatic carbocycles. The van der Waals surface area contributed by atoms with Gasteiger partial charge in [-0.05, 0) is 59.9 Å². The second kappa shape index (κ2) is 10.3. The van der Waals surface area contributed by atoms with E-state index >= 15 is 0 Å². The van der Waals surface area contributed by atoms with Crippen LogP contribution in [0.3, 0.4) is 0 Å². The minimum atomic E-state index is -0.0344. The summed E-state index contributed by atoms with van der Waals surface area (Å²) in [5.41, 5.74) is 4.90. The Morgan fingerprint density at radius 3 is 2.60 bits per heavy atom. The van der Waals surface area contributed by atoms with Crippen molar-refractivity contribution < 1.29 is 9.21 Å². The molecule has 5 nitrogen and oxygen atoms in total. The zero-order valence-electron chi connectivity index (χ0n) is 17.8. The number of benzene rings is 2. The standard InChI is InChI=1S/C24H29N3O2S/c1-4-5-6-7-22(28)27-24(30)25-15-17-8-10-18(11-9-17)23-26-20-14-19(16(2)3)12-13-21(20)29-23/h8-14,16H,4-7,15H2,1-3H3,(H2,25,27,28,30). The highest BCUT2D eigenvalue weighted by Crippen LogP contribution is 2.27. The molecule has 6 heteroatoms. The van der Waals surface area contributed by atoms with Crippen LogP contribution in [0.15, 0.2) is 46.9 Å². The van der Waals surface area contributed by atoms with Gasteiger partial charge in [0.1, 0.15) is 5.52 Å². The van der Waals surface area contributed by atoms with Gasteiger partial charge in [-0.15, -0.1) is 0 Å². The topological polar surface area (TPSA) is 67.2 Å². The molecule has 3 aromatic rings. The molecule has 0 radical (unpaired) electrons. The van der Waals surface area contributed by atoms with Gasteiger partial charge in [0, 0.05) is 18.5 Å². The molecule has 0 aliphatic carbocycles. The number of unbranched alkanes of at least 4 members (excludes halogenated alkanes) is 2. The summed E-state index contributed by atoms with van der Waals surface area (Å²) in [7, 11) is 0. The molecule has 0 aliphatic rings. The van der Waals surface area contributed by atoms with E-state index in [2.05, 4.69) is 48.5 Å². The Labute approximate surface area is 183 Å². The van der Waals surface area contributed by atoms with Gasteiger partial charge in [0.15, 0.2) is 10.7 Å². The van der Waals surface area contributed by atoms with Crippen LogP contribution in [0.2, 0.25) is 0 Å². The molecular weight excluding hydrogens is 394 g/mol. The van der Waals surface area contributed by atoms with Crippen molar-refractivity contribution in [1.82, 2.24) is 15.6 Å². The quantitative estimate of drug-likeness (QED) is 0.360. The average molecular weight is 424 g/mol. The van der Waals surface area contributed by atoms with Crippen molar-refractivity contribution in [2.24, 2.45) is 0 Å². The van der Waals surface area contributed by atoms with Gasteiger partial charge in [0.25, 0.3) is 0 Å². The van der Waals surface area contributed by atoms with E-state index < -0.39 is 0 Å². The first-order valence-electron chi connectivity index (χ1n) is 10.5. The molecule has 3 rings (SSSR count). The maximum atomic E-state index is 11.8. The monoisotopic (exact) mass is 423 g/mol. The summed E-state index contributed by atoms with van der Waals surface area (Å²) in [6.45, 7) is 6.99. The predicted octanol–water partition coefficient (Wildman–Crippen LogP) is 5.69. The summed E-state index contributed by atoms with van der Waals surface area (Å²) in [4.78, 5) is 16.5. The number of hydrogen-bond acceptors (Lipinski definition) is 4. The molecule has 0 spiro atoms. The number of thiocarbonyl (C=S) groups is 1. The first-order chi connectivity index (χ1) is 14.5. The van der Waals surface area contributed by atoms with Gasteiger partial charge in [0.05, 0.1) is 0 Å². The van der Waals surface area contributed by atoms with Crippen molar-refractivity contribution in [2.75, 3.05) is 0 Å². The predicted molar refractivity (Wildman–Crippen MR) is 125 cm³/mol. The molecule has 0 atom stereocenters. The number of amides is 1. The number of hydrogen-bond donors (Lipinski definition) is 2. The van der Waals surface area contributed by atoms with Gasteiger partial charge in [-0.2, -0.15) is 0 Å². The minimum Gasteiger partial charge on any atom is -0.436 e. The maximum absolute atomic E-state index is 11.8. The fourth-order valence-corrected chi connectivity index (χ4v) is 3.33. The highest BCUT2D eigenvalue weighted by molar-refractivity contribution is 7.80. The van der Waals surface area contributed by atoms with Crippen molar-refractivity contribution in [3.63, 3.8) is 0 Å². The van der Waals surface area contributed by atoms with Crippen molar-refractivity contribution in [2.45, 2.75) is 58.9 Å². The molecule has 1 heterocycles. The van der Waals surface area contributed by atoms with Gasteiger partial charge in [-0.3, -0.25) is 4.79 Å². The Morgan fingerprint density at radius 2 is 1.90 bits per heavy atom. The molecule has 0 unspecified atom stereocenters. The molecule has 30 heavy (non-hydrogen) atoms. The Hall–Kier alpha value is -2.73. The van der Waals surface area contributed by atoms with Crippen molar-refractivity contribution in [1.29, 1.82) is 0 Å². The fraction of sp³-hybridized carbons (Fsp3) is 0.375. The van der Waals surface area contributed by atoms with E-state index in [4.69, 9.17) is 16.6 Å². The number of nitrogens with one attached hydrogen (secondary N) is 2. The van der Waals surface area contributed by atoms with Crippen LogP contribution in [0.5, 0.6) is 0 Å². The lowest BCUT2D eigenvalue weighted by atomic mass is 10.0. The van der Waals surface area contributed by atoms with E-state index in [9.17, 15) is 4.79 Å². The lowest BCUT2D eigenvalue weighted by Gasteiger charge is -2.09. The summed E-state index contributed by atoms with van der Waals surface area (Å²) in [5.74, 6) is 1.03. The highest BCUT2D eigenvalue weighted by atomic mass is 32.1. The summed E-state index contributed by atoms with van der Waals surface area (Å²) >= 11 is 5.21. The van der Waals surface area contributed by atoms with Gasteiger partial charge in [-0.25, -0.2) is 4.98 Å². The van der Waals surface area contributed by atoms with E-state index in [0.29, 0.717) is 29.9 Å². The third kappa shape index (κ3) is 5.89. The SMILES string of the molecule is CCCCCC(=O)NC(=S)NCc1ccc(-c2nc3cc(C(C)C)ccc3o2)cc1. The van der Waals surface area contributed by atoms with E-state index in [1.165, 1.54) is 5.56 Å². The van der Waals surface area contributed by atoms with Crippen molar-refractivity contribution in [3.05, 3.63) is 53.6 Å². The first kappa shape index (κ1) is 22.0. The van der Waals surface area contributed by atoms with Crippen LogP contribution in [0.25, 0.3) is 22.6 Å². The Balaban J connectivity index is 1.56. The van der Waals surface area contributed by atoms with Crippen LogP contribution in [0.4, 0.5) is 0 Å². The van der Waals surface area contributed by atoms with Gasteiger partial charge in [-0.1, -0.05) is 51.8 Å². The normalized spacial score (nSPS) is 11.1. The van der Waals surface area contributed by atoms with Gasteiger partial charge in [0.2, 0.25) is 11.8 Å². The molecule has 2 N–H and O–H groups in total. The second-order valence-corrected chi connectivity index (χ2v) is 8.19. The molecule has 0 saturated heterocycles. The number of nitrogens with zero attached hydrogens (tertiary/aromatic N) is 1. The summed E-state index contributed by atoms with van der Waals surface area (Å²) < 4.78 is 5.92. The van der Waals surface area contributed by atoms with Crippen LogP contribution in [-0.4, -0.2) is 16.0 Å². The smallest absolute Gasteiger partial charge is 0.227 e. The van der Waals surface area contributed by atoms with Crippen LogP contribution in [-0.2, 0) is 11.3 Å². The molecule has 0 saturated carbocycles. The number of carbonyl (C=O) groups excluding carboxylic acids is 1. The van der Waals surface area contributed by atoms with E-state index in [-0.39, 0.29) is 5.91 Å².